The molecule has 18 heavy (non-hydrogen) atoms. The Morgan fingerprint density at radius 3 is 2.72 bits per heavy atom. The molecule has 7 heteroatoms. The Kier molecular flexibility index (Phi) is 5.58. The van der Waals surface area contributed by atoms with Crippen LogP contribution in [0.3, 0.4) is 0 Å². The third kappa shape index (κ3) is 3.03. The lowest BCUT2D eigenvalue weighted by molar-refractivity contribution is 0.229. The molecule has 1 atom stereocenters. The minimum atomic E-state index is -3.61. The highest BCUT2D eigenvalue weighted by molar-refractivity contribution is 7.91. The van der Waals surface area contributed by atoms with Gasteiger partial charge in [0, 0.05) is 12.6 Å². The molecule has 5 nitrogen and oxygen atoms in total. The molecule has 1 aromatic heterocycles. The Hall–Kier alpha value is -0.630. The summed E-state index contributed by atoms with van der Waals surface area (Å²) in [4.78, 5) is 0. The van der Waals surface area contributed by atoms with E-state index in [2.05, 4.69) is 0 Å². The normalized spacial score (nSPS) is 13.8. The lowest BCUT2D eigenvalue weighted by atomic mass is 10.3. The molecule has 0 saturated heterocycles. The van der Waals surface area contributed by atoms with Crippen LogP contribution in [-0.2, 0) is 10.0 Å². The number of rotatable bonds is 7. The molecule has 1 unspecified atom stereocenters. The van der Waals surface area contributed by atoms with Gasteiger partial charge in [-0.05, 0) is 24.8 Å². The van der Waals surface area contributed by atoms with E-state index in [9.17, 15) is 8.42 Å². The molecule has 0 amide bonds. The molecular formula is C11H19NO4S2. The average Bonchev–Trinajstić information content (AvgIpc) is 2.83. The van der Waals surface area contributed by atoms with E-state index in [1.165, 1.54) is 11.4 Å². The summed E-state index contributed by atoms with van der Waals surface area (Å²) in [6, 6.07) is 1.47. The first-order chi connectivity index (χ1) is 8.48. The summed E-state index contributed by atoms with van der Waals surface area (Å²) in [6.07, 6.45) is 0.687. The highest BCUT2D eigenvalue weighted by Gasteiger charge is 2.31. The van der Waals surface area contributed by atoms with Crippen LogP contribution >= 0.6 is 11.3 Å². The van der Waals surface area contributed by atoms with Crippen molar-refractivity contribution in [3.63, 3.8) is 0 Å². The van der Waals surface area contributed by atoms with Crippen molar-refractivity contribution in [3.05, 3.63) is 11.4 Å². The van der Waals surface area contributed by atoms with E-state index in [-0.39, 0.29) is 23.4 Å². The van der Waals surface area contributed by atoms with Crippen molar-refractivity contribution in [3.8, 4) is 5.75 Å². The van der Waals surface area contributed by atoms with E-state index in [0.717, 1.165) is 11.3 Å². The number of hydrogen-bond acceptors (Lipinski definition) is 5. The average molecular weight is 293 g/mol. The van der Waals surface area contributed by atoms with Crippen molar-refractivity contribution in [1.29, 1.82) is 0 Å². The van der Waals surface area contributed by atoms with Gasteiger partial charge >= 0.3 is 0 Å². The van der Waals surface area contributed by atoms with Gasteiger partial charge in [-0.25, -0.2) is 8.42 Å². The number of nitrogens with zero attached hydrogens (tertiary/aromatic N) is 1. The van der Waals surface area contributed by atoms with Gasteiger partial charge in [0.1, 0.15) is 5.75 Å². The van der Waals surface area contributed by atoms with Gasteiger partial charge in [-0.15, -0.1) is 11.3 Å². The maximum atomic E-state index is 12.5. The first-order valence-electron chi connectivity index (χ1n) is 5.73. The summed E-state index contributed by atoms with van der Waals surface area (Å²) in [5, 5.41) is 10.7. The fourth-order valence-electron chi connectivity index (χ4n) is 1.61. The zero-order valence-electron chi connectivity index (χ0n) is 10.8. The molecule has 0 aliphatic rings. The van der Waals surface area contributed by atoms with Crippen molar-refractivity contribution in [2.45, 2.75) is 30.5 Å². The molecule has 0 aliphatic heterocycles. The molecule has 104 valence electrons. The van der Waals surface area contributed by atoms with Crippen molar-refractivity contribution >= 4 is 21.4 Å². The van der Waals surface area contributed by atoms with Crippen LogP contribution in [0, 0.1) is 0 Å². The van der Waals surface area contributed by atoms with Crippen molar-refractivity contribution < 1.29 is 18.3 Å². The third-order valence-corrected chi connectivity index (χ3v) is 6.20. The number of aliphatic hydroxyl groups is 1. The minimum Gasteiger partial charge on any atom is -0.494 e. The number of thiophene rings is 1. The monoisotopic (exact) mass is 293 g/mol. The van der Waals surface area contributed by atoms with Gasteiger partial charge in [0.25, 0.3) is 10.0 Å². The van der Waals surface area contributed by atoms with E-state index in [4.69, 9.17) is 9.84 Å². The maximum absolute atomic E-state index is 12.5. The van der Waals surface area contributed by atoms with Crippen LogP contribution in [0.15, 0.2) is 15.7 Å². The first-order valence-corrected chi connectivity index (χ1v) is 8.05. The predicted octanol–water partition coefficient (Wildman–Crippen LogP) is 1.54. The van der Waals surface area contributed by atoms with Gasteiger partial charge in [-0.2, -0.15) is 4.31 Å². The molecular weight excluding hydrogens is 274 g/mol. The molecule has 1 aromatic rings. The number of hydrogen-bond donors (Lipinski definition) is 1. The lowest BCUT2D eigenvalue weighted by Gasteiger charge is -2.26. The van der Waals surface area contributed by atoms with Crippen LogP contribution in [0.5, 0.6) is 5.75 Å². The zero-order valence-corrected chi connectivity index (χ0v) is 12.4. The quantitative estimate of drug-likeness (QED) is 0.828. The number of aliphatic hydroxyl groups excluding tert-OH is 1. The Bertz CT molecular complexity index is 469. The Labute approximate surface area is 112 Å². The highest BCUT2D eigenvalue weighted by Crippen LogP contribution is 2.33. The molecule has 0 saturated carbocycles. The largest absolute Gasteiger partial charge is 0.494 e. The summed E-state index contributed by atoms with van der Waals surface area (Å²) in [6.45, 7) is 3.64. The molecule has 0 radical (unpaired) electrons. The second kappa shape index (κ2) is 6.51. The second-order valence-corrected chi connectivity index (χ2v) is 6.87. The Balaban J connectivity index is 3.17. The summed E-state index contributed by atoms with van der Waals surface area (Å²) in [7, 11) is -2.16. The van der Waals surface area contributed by atoms with Crippen LogP contribution in [0.1, 0.15) is 20.3 Å². The molecule has 0 aliphatic carbocycles. The lowest BCUT2D eigenvalue weighted by Crippen LogP contribution is -2.40. The van der Waals surface area contributed by atoms with Gasteiger partial charge in [0.05, 0.1) is 13.7 Å². The summed E-state index contributed by atoms with van der Waals surface area (Å²) in [5.41, 5.74) is 0. The van der Waals surface area contributed by atoms with Gasteiger partial charge in [-0.3, -0.25) is 0 Å². The Morgan fingerprint density at radius 1 is 1.56 bits per heavy atom. The number of sulfonamides is 1. The van der Waals surface area contributed by atoms with Gasteiger partial charge in [-0.1, -0.05) is 6.92 Å². The van der Waals surface area contributed by atoms with E-state index in [1.807, 2.05) is 13.8 Å². The van der Waals surface area contributed by atoms with E-state index < -0.39 is 10.0 Å². The minimum absolute atomic E-state index is 0.0956. The number of methoxy groups -OCH3 is 1. The summed E-state index contributed by atoms with van der Waals surface area (Å²) in [5.74, 6) is 0.353. The van der Waals surface area contributed by atoms with E-state index >= 15 is 0 Å². The smallest absolute Gasteiger partial charge is 0.256 e. The van der Waals surface area contributed by atoms with Crippen molar-refractivity contribution in [2.75, 3.05) is 20.3 Å². The fourth-order valence-corrected chi connectivity index (χ4v) is 4.70. The molecule has 1 heterocycles. The van der Waals surface area contributed by atoms with E-state index in [1.54, 1.807) is 11.4 Å². The van der Waals surface area contributed by atoms with Crippen LogP contribution in [0.25, 0.3) is 0 Å². The van der Waals surface area contributed by atoms with Crippen molar-refractivity contribution in [1.82, 2.24) is 4.31 Å². The van der Waals surface area contributed by atoms with Crippen LogP contribution in [-0.4, -0.2) is 44.1 Å². The highest BCUT2D eigenvalue weighted by atomic mass is 32.2. The fraction of sp³-hybridized carbons (Fsp3) is 0.636. The molecule has 1 N–H and O–H groups in total. The molecule has 0 fully saturated rings. The number of ether oxygens (including phenoxy) is 1. The van der Waals surface area contributed by atoms with Crippen molar-refractivity contribution in [2.24, 2.45) is 0 Å². The third-order valence-electron chi connectivity index (χ3n) is 2.76. The topological polar surface area (TPSA) is 66.8 Å². The Morgan fingerprint density at radius 2 is 2.22 bits per heavy atom. The van der Waals surface area contributed by atoms with Crippen LogP contribution in [0.2, 0.25) is 0 Å². The maximum Gasteiger partial charge on any atom is 0.256 e. The SMILES string of the molecule is CCC(C)N(CCO)S(=O)(=O)c1sccc1OC. The van der Waals surface area contributed by atoms with Gasteiger partial charge < -0.3 is 9.84 Å². The first kappa shape index (κ1) is 15.4. The molecule has 1 rings (SSSR count). The standard InChI is InChI=1S/C11H19NO4S2/c1-4-9(2)12(6-7-13)18(14,15)11-10(16-3)5-8-17-11/h5,8-9,13H,4,6-7H2,1-3H3. The van der Waals surface area contributed by atoms with Crippen LogP contribution in [0.4, 0.5) is 0 Å². The predicted molar refractivity (Wildman–Crippen MR) is 71.6 cm³/mol. The van der Waals surface area contributed by atoms with Gasteiger partial charge in [0.2, 0.25) is 0 Å². The van der Waals surface area contributed by atoms with Gasteiger partial charge in [0.15, 0.2) is 4.21 Å². The molecule has 0 bridgehead atoms. The second-order valence-electron chi connectivity index (χ2n) is 3.87. The summed E-state index contributed by atoms with van der Waals surface area (Å²) >= 11 is 1.13. The molecule has 0 aromatic carbocycles. The summed E-state index contributed by atoms with van der Waals surface area (Å²) < 4.78 is 31.6. The van der Waals surface area contributed by atoms with Crippen LogP contribution < -0.4 is 4.74 Å². The molecule has 0 spiro atoms. The van der Waals surface area contributed by atoms with E-state index in [0.29, 0.717) is 12.2 Å². The zero-order chi connectivity index (χ0) is 13.8.